The number of rotatable bonds is 2. The first-order valence-corrected chi connectivity index (χ1v) is 8.81. The maximum Gasteiger partial charge on any atom is 0.272 e. The van der Waals surface area contributed by atoms with Gasteiger partial charge in [0.25, 0.3) is 5.91 Å². The lowest BCUT2D eigenvalue weighted by Crippen LogP contribution is -2.57. The van der Waals surface area contributed by atoms with E-state index >= 15 is 0 Å². The highest BCUT2D eigenvalue weighted by Crippen LogP contribution is 2.29. The summed E-state index contributed by atoms with van der Waals surface area (Å²) in [4.78, 5) is 15.3. The lowest BCUT2D eigenvalue weighted by atomic mass is 9.84. The van der Waals surface area contributed by atoms with Crippen LogP contribution in [0.3, 0.4) is 0 Å². The molecule has 5 nitrogen and oxygen atoms in total. The van der Waals surface area contributed by atoms with E-state index in [0.717, 1.165) is 36.8 Å². The van der Waals surface area contributed by atoms with Crippen molar-refractivity contribution in [1.29, 1.82) is 0 Å². The third-order valence-electron chi connectivity index (χ3n) is 5.86. The highest BCUT2D eigenvalue weighted by molar-refractivity contribution is 6.05. The number of aromatic nitrogens is 2. The summed E-state index contributed by atoms with van der Waals surface area (Å²) >= 11 is 0. The Labute approximate surface area is 135 Å². The molecule has 23 heavy (non-hydrogen) atoms. The first-order valence-electron chi connectivity index (χ1n) is 8.81. The number of aryl methyl sites for hydroxylation is 2. The number of hydrogen-bond donors (Lipinski definition) is 1. The number of para-hydroxylation sites is 1. The van der Waals surface area contributed by atoms with Gasteiger partial charge in [0.1, 0.15) is 0 Å². The van der Waals surface area contributed by atoms with Gasteiger partial charge in [0.05, 0.1) is 5.52 Å². The van der Waals surface area contributed by atoms with Gasteiger partial charge in [0.15, 0.2) is 5.69 Å². The number of fused-ring (bicyclic) bond motifs is 3. The molecule has 5 heteroatoms. The van der Waals surface area contributed by atoms with Crippen molar-refractivity contribution in [3.63, 3.8) is 0 Å². The summed E-state index contributed by atoms with van der Waals surface area (Å²) in [5.41, 5.74) is 3.10. The Hall–Kier alpha value is -1.88. The fraction of sp³-hybridized carbons (Fsp3) is 0.556. The SMILES string of the molecule is O=C(NC1CN2CCC1CC2)c1nn2c3c(cccc13)CCC2. The summed E-state index contributed by atoms with van der Waals surface area (Å²) in [6, 6.07) is 6.55. The number of amides is 1. The van der Waals surface area contributed by atoms with Gasteiger partial charge >= 0.3 is 0 Å². The Kier molecular flexibility index (Phi) is 2.98. The summed E-state index contributed by atoms with van der Waals surface area (Å²) in [6.45, 7) is 4.30. The quantitative estimate of drug-likeness (QED) is 0.920. The van der Waals surface area contributed by atoms with Crippen LogP contribution in [0.1, 0.15) is 35.3 Å². The first kappa shape index (κ1) is 13.5. The molecule has 6 rings (SSSR count). The zero-order valence-corrected chi connectivity index (χ0v) is 13.3. The van der Waals surface area contributed by atoms with Gasteiger partial charge in [0.2, 0.25) is 0 Å². The molecule has 1 aromatic carbocycles. The Morgan fingerprint density at radius 3 is 2.87 bits per heavy atom. The van der Waals surface area contributed by atoms with E-state index in [-0.39, 0.29) is 5.91 Å². The molecule has 1 unspecified atom stereocenters. The minimum atomic E-state index is 0.00606. The second-order valence-electron chi connectivity index (χ2n) is 7.21. The highest BCUT2D eigenvalue weighted by atomic mass is 16.2. The molecule has 4 aliphatic rings. The van der Waals surface area contributed by atoms with Crippen LogP contribution in [0.15, 0.2) is 18.2 Å². The molecule has 4 aliphatic heterocycles. The largest absolute Gasteiger partial charge is 0.346 e. The van der Waals surface area contributed by atoms with Crippen molar-refractivity contribution in [3.8, 4) is 0 Å². The Balaban J connectivity index is 1.47. The summed E-state index contributed by atoms with van der Waals surface area (Å²) < 4.78 is 2.03. The van der Waals surface area contributed by atoms with Crippen molar-refractivity contribution in [2.75, 3.05) is 19.6 Å². The van der Waals surface area contributed by atoms with Gasteiger partial charge in [-0.15, -0.1) is 0 Å². The van der Waals surface area contributed by atoms with Crippen molar-refractivity contribution in [1.82, 2.24) is 20.0 Å². The van der Waals surface area contributed by atoms with E-state index in [1.807, 2.05) is 10.7 Å². The van der Waals surface area contributed by atoms with Crippen molar-refractivity contribution >= 4 is 16.8 Å². The molecular weight excluding hydrogens is 288 g/mol. The van der Waals surface area contributed by atoms with Gasteiger partial charge in [-0.25, -0.2) is 0 Å². The van der Waals surface area contributed by atoms with Crippen LogP contribution >= 0.6 is 0 Å². The number of carbonyl (C=O) groups excluding carboxylic acids is 1. The number of carbonyl (C=O) groups is 1. The first-order chi connectivity index (χ1) is 11.3. The Morgan fingerprint density at radius 1 is 1.22 bits per heavy atom. The van der Waals surface area contributed by atoms with E-state index < -0.39 is 0 Å². The summed E-state index contributed by atoms with van der Waals surface area (Å²) in [6.07, 6.45) is 4.62. The van der Waals surface area contributed by atoms with Gasteiger partial charge in [-0.2, -0.15) is 5.10 Å². The zero-order valence-electron chi connectivity index (χ0n) is 13.3. The van der Waals surface area contributed by atoms with E-state index in [4.69, 9.17) is 0 Å². The minimum absolute atomic E-state index is 0.00606. The summed E-state index contributed by atoms with van der Waals surface area (Å²) in [7, 11) is 0. The normalized spacial score (nSPS) is 29.0. The number of nitrogens with one attached hydrogen (secondary N) is 1. The molecule has 120 valence electrons. The van der Waals surface area contributed by atoms with Gasteiger partial charge in [-0.3, -0.25) is 9.48 Å². The van der Waals surface area contributed by atoms with Crippen LogP contribution in [0.2, 0.25) is 0 Å². The molecule has 1 aromatic heterocycles. The summed E-state index contributed by atoms with van der Waals surface area (Å²) in [5.74, 6) is 0.648. The number of piperidine rings is 3. The molecule has 0 saturated carbocycles. The third-order valence-corrected chi connectivity index (χ3v) is 5.86. The van der Waals surface area contributed by atoms with Crippen molar-refractivity contribution in [2.24, 2.45) is 5.92 Å². The molecule has 5 heterocycles. The monoisotopic (exact) mass is 310 g/mol. The van der Waals surface area contributed by atoms with Crippen LogP contribution in [0.5, 0.6) is 0 Å². The molecule has 1 amide bonds. The second kappa shape index (κ2) is 5.06. The molecule has 1 atom stereocenters. The molecule has 3 saturated heterocycles. The molecule has 3 fully saturated rings. The molecule has 1 N–H and O–H groups in total. The van der Waals surface area contributed by atoms with Crippen LogP contribution in [-0.2, 0) is 13.0 Å². The number of benzene rings is 1. The lowest BCUT2D eigenvalue weighted by Gasteiger charge is -2.44. The predicted octanol–water partition coefficient (Wildman–Crippen LogP) is 1.81. The predicted molar refractivity (Wildman–Crippen MR) is 88.5 cm³/mol. The molecule has 2 bridgehead atoms. The Bertz CT molecular complexity index is 773. The standard InChI is InChI=1S/C18H22N4O/c23-18(19-15-11-21-9-6-12(15)7-10-21)16-14-5-1-3-13-4-2-8-22(20-16)17(13)14/h1,3,5,12,15H,2,4,6-11H2,(H,19,23). The molecule has 2 aromatic rings. The van der Waals surface area contributed by atoms with E-state index in [0.29, 0.717) is 17.7 Å². The van der Waals surface area contributed by atoms with Crippen LogP contribution < -0.4 is 5.32 Å². The minimum Gasteiger partial charge on any atom is -0.346 e. The topological polar surface area (TPSA) is 50.2 Å². The average Bonchev–Trinajstić information content (AvgIpc) is 2.97. The van der Waals surface area contributed by atoms with Gasteiger partial charge in [-0.1, -0.05) is 18.2 Å². The number of nitrogens with zero attached hydrogens (tertiary/aromatic N) is 3. The number of hydrogen-bond acceptors (Lipinski definition) is 3. The lowest BCUT2D eigenvalue weighted by molar-refractivity contribution is 0.0618. The van der Waals surface area contributed by atoms with Crippen molar-refractivity contribution in [2.45, 2.75) is 38.3 Å². The van der Waals surface area contributed by atoms with E-state index in [1.54, 1.807) is 0 Å². The zero-order chi connectivity index (χ0) is 15.4. The molecule has 0 radical (unpaired) electrons. The van der Waals surface area contributed by atoms with Crippen molar-refractivity contribution < 1.29 is 4.79 Å². The highest BCUT2D eigenvalue weighted by Gasteiger charge is 2.35. The maximum absolute atomic E-state index is 12.9. The van der Waals surface area contributed by atoms with Crippen molar-refractivity contribution in [3.05, 3.63) is 29.5 Å². The Morgan fingerprint density at radius 2 is 2.09 bits per heavy atom. The maximum atomic E-state index is 12.9. The van der Waals surface area contributed by atoms with Crippen LogP contribution in [-0.4, -0.2) is 46.3 Å². The van der Waals surface area contributed by atoms with Gasteiger partial charge in [-0.05, 0) is 50.3 Å². The van der Waals surface area contributed by atoms with Crippen LogP contribution in [0.4, 0.5) is 0 Å². The van der Waals surface area contributed by atoms with Crippen LogP contribution in [0.25, 0.3) is 10.9 Å². The smallest absolute Gasteiger partial charge is 0.272 e. The fourth-order valence-corrected chi connectivity index (χ4v) is 4.63. The van der Waals surface area contributed by atoms with Crippen LogP contribution in [0, 0.1) is 5.92 Å². The third kappa shape index (κ3) is 2.10. The summed E-state index contributed by atoms with van der Waals surface area (Å²) in [5, 5.41) is 8.93. The van der Waals surface area contributed by atoms with E-state index in [2.05, 4.69) is 27.4 Å². The molecule has 0 aliphatic carbocycles. The van der Waals surface area contributed by atoms with Gasteiger partial charge < -0.3 is 10.2 Å². The second-order valence-corrected chi connectivity index (χ2v) is 7.21. The van der Waals surface area contributed by atoms with Gasteiger partial charge in [0, 0.05) is 24.5 Å². The van der Waals surface area contributed by atoms with E-state index in [1.165, 1.54) is 31.5 Å². The van der Waals surface area contributed by atoms with E-state index in [9.17, 15) is 4.79 Å². The average molecular weight is 310 g/mol. The fourth-order valence-electron chi connectivity index (χ4n) is 4.63. The molecule has 0 spiro atoms. The molecular formula is C18H22N4O.